The highest BCUT2D eigenvalue weighted by Crippen LogP contribution is 2.32. The fourth-order valence-corrected chi connectivity index (χ4v) is 3.44. The second kappa shape index (κ2) is 5.87. The van der Waals surface area contributed by atoms with Crippen molar-refractivity contribution in [1.29, 1.82) is 0 Å². The summed E-state index contributed by atoms with van der Waals surface area (Å²) in [4.78, 5) is 7.45. The lowest BCUT2D eigenvalue weighted by molar-refractivity contribution is 0.568. The summed E-state index contributed by atoms with van der Waals surface area (Å²) in [6.45, 7) is 11.0. The highest BCUT2D eigenvalue weighted by atomic mass is 15.3. The van der Waals surface area contributed by atoms with E-state index in [-0.39, 0.29) is 5.41 Å². The van der Waals surface area contributed by atoms with E-state index in [1.54, 1.807) is 0 Å². The molecule has 1 aromatic carbocycles. The minimum Gasteiger partial charge on any atom is -0.356 e. The van der Waals surface area contributed by atoms with Gasteiger partial charge in [-0.2, -0.15) is 9.61 Å². The Morgan fingerprint density at radius 3 is 2.32 bits per heavy atom. The average molecular weight is 334 g/mol. The zero-order chi connectivity index (χ0) is 17.6. The molecule has 25 heavy (non-hydrogen) atoms. The number of hydrogen-bond donors (Lipinski definition) is 0. The number of hydrogen-bond acceptors (Lipinski definition) is 3. The van der Waals surface area contributed by atoms with Crippen LogP contribution in [-0.2, 0) is 5.41 Å². The van der Waals surface area contributed by atoms with Crippen molar-refractivity contribution < 1.29 is 0 Å². The van der Waals surface area contributed by atoms with Gasteiger partial charge in [0.05, 0.1) is 11.9 Å². The fourth-order valence-electron chi connectivity index (χ4n) is 3.44. The number of anilines is 1. The summed E-state index contributed by atoms with van der Waals surface area (Å²) in [5.74, 6) is 1.17. The highest BCUT2D eigenvalue weighted by molar-refractivity contribution is 5.78. The molecule has 1 aliphatic heterocycles. The van der Waals surface area contributed by atoms with Gasteiger partial charge in [0.1, 0.15) is 5.82 Å². The Labute approximate surface area is 149 Å². The third-order valence-electron chi connectivity index (χ3n) is 5.01. The molecule has 1 aliphatic rings. The molecule has 0 amide bonds. The Balaban J connectivity index is 1.94. The first-order valence-electron chi connectivity index (χ1n) is 9.15. The van der Waals surface area contributed by atoms with Gasteiger partial charge in [0, 0.05) is 30.1 Å². The topological polar surface area (TPSA) is 33.4 Å². The number of nitrogens with zero attached hydrogens (tertiary/aromatic N) is 4. The largest absolute Gasteiger partial charge is 0.356 e. The molecule has 0 aliphatic carbocycles. The number of fused-ring (bicyclic) bond motifs is 1. The van der Waals surface area contributed by atoms with Crippen LogP contribution in [0.3, 0.4) is 0 Å². The van der Waals surface area contributed by atoms with Crippen LogP contribution < -0.4 is 4.90 Å². The maximum Gasteiger partial charge on any atom is 0.165 e. The van der Waals surface area contributed by atoms with E-state index in [4.69, 9.17) is 10.1 Å². The van der Waals surface area contributed by atoms with E-state index >= 15 is 0 Å². The normalized spacial score (nSPS) is 15.3. The lowest BCUT2D eigenvalue weighted by Crippen LogP contribution is -2.23. The molecule has 4 rings (SSSR count). The minimum absolute atomic E-state index is 0.00500. The summed E-state index contributed by atoms with van der Waals surface area (Å²) in [7, 11) is 0. The predicted molar refractivity (Wildman–Crippen MR) is 103 cm³/mol. The summed E-state index contributed by atoms with van der Waals surface area (Å²) < 4.78 is 2.02. The minimum atomic E-state index is 0.00500. The fraction of sp³-hybridized carbons (Fsp3) is 0.429. The summed E-state index contributed by atoms with van der Waals surface area (Å²) >= 11 is 0. The molecule has 0 bridgehead atoms. The summed E-state index contributed by atoms with van der Waals surface area (Å²) in [6.07, 6.45) is 4.46. The van der Waals surface area contributed by atoms with Crippen LogP contribution in [-0.4, -0.2) is 27.7 Å². The van der Waals surface area contributed by atoms with Crippen molar-refractivity contribution >= 4 is 11.5 Å². The van der Waals surface area contributed by atoms with E-state index in [2.05, 4.69) is 62.9 Å². The van der Waals surface area contributed by atoms with Crippen molar-refractivity contribution in [3.63, 3.8) is 0 Å². The van der Waals surface area contributed by atoms with Crippen LogP contribution in [0.1, 0.15) is 44.9 Å². The Hall–Kier alpha value is -2.36. The Bertz CT molecular complexity index is 894. The molecule has 130 valence electrons. The molecule has 0 unspecified atom stereocenters. The van der Waals surface area contributed by atoms with Crippen LogP contribution in [0.4, 0.5) is 5.82 Å². The van der Waals surface area contributed by atoms with Crippen LogP contribution >= 0.6 is 0 Å². The Morgan fingerprint density at radius 1 is 1.00 bits per heavy atom. The molecule has 0 radical (unpaired) electrons. The zero-order valence-electron chi connectivity index (χ0n) is 15.6. The van der Waals surface area contributed by atoms with E-state index in [0.717, 1.165) is 30.0 Å². The lowest BCUT2D eigenvalue weighted by Gasteiger charge is -2.23. The van der Waals surface area contributed by atoms with Gasteiger partial charge in [-0.1, -0.05) is 50.6 Å². The van der Waals surface area contributed by atoms with Gasteiger partial charge in [-0.15, -0.1) is 0 Å². The molecule has 3 aromatic rings. The molecule has 4 nitrogen and oxygen atoms in total. The molecular weight excluding hydrogens is 308 g/mol. The van der Waals surface area contributed by atoms with Crippen LogP contribution in [0.25, 0.3) is 16.8 Å². The van der Waals surface area contributed by atoms with Gasteiger partial charge < -0.3 is 4.90 Å². The van der Waals surface area contributed by atoms with Crippen molar-refractivity contribution in [1.82, 2.24) is 14.6 Å². The molecule has 0 atom stereocenters. The Morgan fingerprint density at radius 2 is 1.68 bits per heavy atom. The van der Waals surface area contributed by atoms with Gasteiger partial charge in [0.2, 0.25) is 0 Å². The number of benzene rings is 1. The molecular formula is C21H26N4. The second-order valence-electron chi connectivity index (χ2n) is 8.10. The smallest absolute Gasteiger partial charge is 0.165 e. The van der Waals surface area contributed by atoms with E-state index in [1.165, 1.54) is 29.8 Å². The molecule has 1 fully saturated rings. The maximum absolute atomic E-state index is 5.01. The third-order valence-corrected chi connectivity index (χ3v) is 5.01. The highest BCUT2D eigenvalue weighted by Gasteiger charge is 2.24. The first-order valence-corrected chi connectivity index (χ1v) is 9.15. The van der Waals surface area contributed by atoms with Gasteiger partial charge in [-0.05, 0) is 25.3 Å². The van der Waals surface area contributed by atoms with Gasteiger partial charge >= 0.3 is 0 Å². The SMILES string of the molecule is Cc1ccc(-c2cnn3c(N4CCCC4)cc(C(C)(C)C)nc23)cc1. The van der Waals surface area contributed by atoms with Crippen LogP contribution in [0.2, 0.25) is 0 Å². The van der Waals surface area contributed by atoms with Crippen LogP contribution in [0, 0.1) is 6.92 Å². The number of aryl methyl sites for hydroxylation is 1. The van der Waals surface area contributed by atoms with Gasteiger partial charge in [0.25, 0.3) is 0 Å². The molecule has 0 spiro atoms. The van der Waals surface area contributed by atoms with Crippen molar-refractivity contribution in [3.05, 3.63) is 47.8 Å². The Kier molecular flexibility index (Phi) is 3.78. The van der Waals surface area contributed by atoms with Gasteiger partial charge in [-0.25, -0.2) is 4.98 Å². The zero-order valence-corrected chi connectivity index (χ0v) is 15.6. The standard InChI is InChI=1S/C21H26N4/c1-15-7-9-16(10-8-15)17-14-22-25-19(24-11-5-6-12-24)13-18(21(2,3)4)23-20(17)25/h7-10,13-14H,5-6,11-12H2,1-4H3. The number of aromatic nitrogens is 3. The van der Waals surface area contributed by atoms with E-state index in [0.29, 0.717) is 0 Å². The first kappa shape index (κ1) is 16.1. The van der Waals surface area contributed by atoms with Crippen molar-refractivity contribution in [2.24, 2.45) is 0 Å². The second-order valence-corrected chi connectivity index (χ2v) is 8.10. The van der Waals surface area contributed by atoms with Crippen molar-refractivity contribution in [3.8, 4) is 11.1 Å². The number of rotatable bonds is 2. The van der Waals surface area contributed by atoms with Gasteiger partial charge in [-0.3, -0.25) is 0 Å². The summed E-state index contributed by atoms with van der Waals surface area (Å²) in [6, 6.07) is 10.8. The van der Waals surface area contributed by atoms with E-state index in [9.17, 15) is 0 Å². The molecule has 2 aromatic heterocycles. The predicted octanol–water partition coefficient (Wildman–Crippen LogP) is 4.60. The molecule has 1 saturated heterocycles. The average Bonchev–Trinajstić information content (AvgIpc) is 3.23. The van der Waals surface area contributed by atoms with Crippen LogP contribution in [0.15, 0.2) is 36.5 Å². The van der Waals surface area contributed by atoms with E-state index in [1.807, 2.05) is 10.7 Å². The quantitative estimate of drug-likeness (QED) is 0.686. The monoisotopic (exact) mass is 334 g/mol. The molecule has 0 N–H and O–H groups in total. The molecule has 0 saturated carbocycles. The first-order chi connectivity index (χ1) is 11.9. The maximum atomic E-state index is 5.01. The van der Waals surface area contributed by atoms with Gasteiger partial charge in [0.15, 0.2) is 5.65 Å². The lowest BCUT2D eigenvalue weighted by atomic mass is 9.92. The summed E-state index contributed by atoms with van der Waals surface area (Å²) in [5.41, 5.74) is 5.62. The van der Waals surface area contributed by atoms with Crippen molar-refractivity contribution in [2.75, 3.05) is 18.0 Å². The summed E-state index contributed by atoms with van der Waals surface area (Å²) in [5, 5.41) is 4.70. The van der Waals surface area contributed by atoms with Crippen molar-refractivity contribution in [2.45, 2.75) is 46.0 Å². The molecule has 3 heterocycles. The van der Waals surface area contributed by atoms with E-state index < -0.39 is 0 Å². The molecule has 4 heteroatoms. The third kappa shape index (κ3) is 2.90. The van der Waals surface area contributed by atoms with Crippen LogP contribution in [0.5, 0.6) is 0 Å².